The van der Waals surface area contributed by atoms with E-state index in [-0.39, 0.29) is 11.3 Å². The Labute approximate surface area is 205 Å². The van der Waals surface area contributed by atoms with Crippen LogP contribution in [-0.4, -0.2) is 28.4 Å². The number of hydrogen-bond donors (Lipinski definition) is 1. The van der Waals surface area contributed by atoms with Gasteiger partial charge in [0.25, 0.3) is 11.7 Å². The van der Waals surface area contributed by atoms with E-state index in [1.807, 2.05) is 32.0 Å². The van der Waals surface area contributed by atoms with Crippen LogP contribution in [0, 0.1) is 13.8 Å². The minimum Gasteiger partial charge on any atom is -0.507 e. The number of pyridine rings is 1. The molecule has 1 aromatic heterocycles. The number of anilines is 1. The number of aryl methyl sites for hydroxylation is 2. The van der Waals surface area contributed by atoms with Crippen molar-refractivity contribution in [1.82, 2.24) is 4.98 Å². The van der Waals surface area contributed by atoms with E-state index in [1.54, 1.807) is 48.8 Å². The van der Waals surface area contributed by atoms with Crippen molar-refractivity contribution in [3.63, 3.8) is 0 Å². The lowest BCUT2D eigenvalue weighted by atomic mass is 9.96. The lowest BCUT2D eigenvalue weighted by molar-refractivity contribution is -0.132. The highest BCUT2D eigenvalue weighted by Gasteiger charge is 2.47. The molecular formula is C29H30N2O4. The van der Waals surface area contributed by atoms with E-state index >= 15 is 0 Å². The van der Waals surface area contributed by atoms with Gasteiger partial charge in [0.2, 0.25) is 0 Å². The Hall–Kier alpha value is -3.93. The zero-order valence-electron chi connectivity index (χ0n) is 20.3. The van der Waals surface area contributed by atoms with Gasteiger partial charge in [0, 0.05) is 23.6 Å². The summed E-state index contributed by atoms with van der Waals surface area (Å²) in [4.78, 5) is 32.1. The summed E-state index contributed by atoms with van der Waals surface area (Å²) in [6, 6.07) is 15.3. The van der Waals surface area contributed by atoms with Crippen LogP contribution in [0.15, 0.2) is 72.6 Å². The molecule has 1 atom stereocenters. The first-order valence-electron chi connectivity index (χ1n) is 11.9. The van der Waals surface area contributed by atoms with Gasteiger partial charge in [-0.25, -0.2) is 0 Å². The summed E-state index contributed by atoms with van der Waals surface area (Å²) in [6.45, 7) is 6.71. The number of benzene rings is 2. The smallest absolute Gasteiger partial charge is 0.300 e. The van der Waals surface area contributed by atoms with Crippen molar-refractivity contribution in [2.24, 2.45) is 0 Å². The number of unbranched alkanes of at least 4 members (excludes halogenated alkanes) is 2. The van der Waals surface area contributed by atoms with Crippen molar-refractivity contribution in [3.05, 3.63) is 94.8 Å². The standard InChI is InChI=1S/C29H30N2O4/c1-4-5-6-16-35-24-13-10-21(11-14-24)27(32)25-26(22-8-7-15-30-18-22)31(29(34)28(25)33)23-12-9-19(2)20(3)17-23/h7-15,17-18,26,32H,4-6,16H2,1-3H3/b27-25+. The molecule has 2 aromatic carbocycles. The van der Waals surface area contributed by atoms with Crippen LogP contribution < -0.4 is 9.64 Å². The van der Waals surface area contributed by atoms with E-state index in [0.29, 0.717) is 29.2 Å². The van der Waals surface area contributed by atoms with Crippen LogP contribution in [0.3, 0.4) is 0 Å². The van der Waals surface area contributed by atoms with Crippen LogP contribution in [0.5, 0.6) is 5.75 Å². The Kier molecular flexibility index (Phi) is 7.30. The van der Waals surface area contributed by atoms with Crippen molar-refractivity contribution in [2.75, 3.05) is 11.5 Å². The highest BCUT2D eigenvalue weighted by molar-refractivity contribution is 6.51. The fraction of sp³-hybridized carbons (Fsp3) is 0.276. The first kappa shape index (κ1) is 24.2. The summed E-state index contributed by atoms with van der Waals surface area (Å²) in [7, 11) is 0. The number of carbonyl (C=O) groups is 2. The third-order valence-corrected chi connectivity index (χ3v) is 6.36. The van der Waals surface area contributed by atoms with Crippen molar-refractivity contribution in [2.45, 2.75) is 46.1 Å². The first-order valence-corrected chi connectivity index (χ1v) is 11.9. The zero-order valence-corrected chi connectivity index (χ0v) is 20.3. The summed E-state index contributed by atoms with van der Waals surface area (Å²) >= 11 is 0. The minimum atomic E-state index is -0.796. The average molecular weight is 471 g/mol. The molecule has 3 aromatic rings. The number of ether oxygens (including phenoxy) is 1. The topological polar surface area (TPSA) is 79.7 Å². The number of ketones is 1. The SMILES string of the molecule is CCCCCOc1ccc(/C(O)=C2\C(=O)C(=O)N(c3ccc(C)c(C)c3)C2c2cccnc2)cc1. The highest BCUT2D eigenvalue weighted by Crippen LogP contribution is 2.42. The predicted octanol–water partition coefficient (Wildman–Crippen LogP) is 5.89. The molecule has 1 aliphatic heterocycles. The van der Waals surface area contributed by atoms with E-state index in [9.17, 15) is 14.7 Å². The fourth-order valence-electron chi connectivity index (χ4n) is 4.23. The van der Waals surface area contributed by atoms with Crippen molar-refractivity contribution < 1.29 is 19.4 Å². The first-order chi connectivity index (χ1) is 16.9. The summed E-state index contributed by atoms with van der Waals surface area (Å²) in [5.74, 6) is -0.938. The Balaban J connectivity index is 1.75. The van der Waals surface area contributed by atoms with Crippen LogP contribution in [0.25, 0.3) is 5.76 Å². The minimum absolute atomic E-state index is 0.0397. The molecule has 0 bridgehead atoms. The Bertz CT molecular complexity index is 1250. The highest BCUT2D eigenvalue weighted by atomic mass is 16.5. The summed E-state index contributed by atoms with van der Waals surface area (Å²) in [6.07, 6.45) is 6.45. The summed E-state index contributed by atoms with van der Waals surface area (Å²) in [5.41, 5.74) is 3.81. The van der Waals surface area contributed by atoms with Crippen LogP contribution in [0.1, 0.15) is 54.5 Å². The maximum Gasteiger partial charge on any atom is 0.300 e. The molecule has 1 aliphatic rings. The van der Waals surface area contributed by atoms with Crippen LogP contribution in [-0.2, 0) is 9.59 Å². The average Bonchev–Trinajstić information content (AvgIpc) is 3.14. The molecule has 0 spiro atoms. The lowest BCUT2D eigenvalue weighted by Gasteiger charge is -2.25. The largest absolute Gasteiger partial charge is 0.507 e. The predicted molar refractivity (Wildman–Crippen MR) is 136 cm³/mol. The summed E-state index contributed by atoms with van der Waals surface area (Å²) in [5, 5.41) is 11.3. The molecule has 0 saturated carbocycles. The Morgan fingerprint density at radius 1 is 1.03 bits per heavy atom. The Morgan fingerprint density at radius 3 is 2.46 bits per heavy atom. The second kappa shape index (κ2) is 10.6. The van der Waals surface area contributed by atoms with Gasteiger partial charge in [0.1, 0.15) is 11.5 Å². The number of nitrogens with zero attached hydrogens (tertiary/aromatic N) is 2. The molecule has 1 N–H and O–H groups in total. The maximum absolute atomic E-state index is 13.3. The molecule has 1 amide bonds. The second-order valence-corrected chi connectivity index (χ2v) is 8.80. The van der Waals surface area contributed by atoms with Crippen LogP contribution >= 0.6 is 0 Å². The quantitative estimate of drug-likeness (QED) is 0.192. The number of hydrogen-bond acceptors (Lipinski definition) is 5. The molecule has 6 heteroatoms. The molecule has 180 valence electrons. The normalized spacial score (nSPS) is 17.1. The van der Waals surface area contributed by atoms with Crippen molar-refractivity contribution >= 4 is 23.1 Å². The molecule has 35 heavy (non-hydrogen) atoms. The molecule has 2 heterocycles. The van der Waals surface area contributed by atoms with Gasteiger partial charge >= 0.3 is 0 Å². The van der Waals surface area contributed by atoms with E-state index in [1.165, 1.54) is 4.90 Å². The summed E-state index contributed by atoms with van der Waals surface area (Å²) < 4.78 is 5.76. The fourth-order valence-corrected chi connectivity index (χ4v) is 4.23. The number of Topliss-reactive ketones (excluding diaryl/α,β-unsaturated/α-hetero) is 1. The molecule has 1 unspecified atom stereocenters. The number of aliphatic hydroxyl groups is 1. The number of aliphatic hydroxyl groups excluding tert-OH is 1. The van der Waals surface area contributed by atoms with E-state index < -0.39 is 17.7 Å². The number of aromatic nitrogens is 1. The van der Waals surface area contributed by atoms with E-state index in [4.69, 9.17) is 4.74 Å². The molecule has 1 fully saturated rings. The maximum atomic E-state index is 13.3. The third kappa shape index (κ3) is 4.97. The van der Waals surface area contributed by atoms with Crippen molar-refractivity contribution in [1.29, 1.82) is 0 Å². The zero-order chi connectivity index (χ0) is 24.9. The molecule has 6 nitrogen and oxygen atoms in total. The van der Waals surface area contributed by atoms with Gasteiger partial charge in [-0.3, -0.25) is 19.5 Å². The van der Waals surface area contributed by atoms with Crippen LogP contribution in [0.2, 0.25) is 0 Å². The van der Waals surface area contributed by atoms with Gasteiger partial charge in [-0.1, -0.05) is 31.9 Å². The number of rotatable bonds is 8. The van der Waals surface area contributed by atoms with Gasteiger partial charge < -0.3 is 9.84 Å². The number of amides is 1. The van der Waals surface area contributed by atoms with Crippen molar-refractivity contribution in [3.8, 4) is 5.75 Å². The van der Waals surface area contributed by atoms with Gasteiger partial charge in [-0.05, 0) is 79.4 Å². The third-order valence-electron chi connectivity index (χ3n) is 6.36. The lowest BCUT2D eigenvalue weighted by Crippen LogP contribution is -2.29. The second-order valence-electron chi connectivity index (χ2n) is 8.80. The molecule has 0 radical (unpaired) electrons. The molecule has 4 rings (SSSR count). The van der Waals surface area contributed by atoms with E-state index in [2.05, 4.69) is 11.9 Å². The van der Waals surface area contributed by atoms with Gasteiger partial charge in [0.05, 0.1) is 18.2 Å². The van der Waals surface area contributed by atoms with Crippen LogP contribution in [0.4, 0.5) is 5.69 Å². The van der Waals surface area contributed by atoms with Gasteiger partial charge in [0.15, 0.2) is 0 Å². The van der Waals surface area contributed by atoms with Gasteiger partial charge in [-0.2, -0.15) is 0 Å². The van der Waals surface area contributed by atoms with E-state index in [0.717, 1.165) is 30.4 Å². The molecular weight excluding hydrogens is 440 g/mol. The van der Waals surface area contributed by atoms with Gasteiger partial charge in [-0.15, -0.1) is 0 Å². The molecule has 0 aliphatic carbocycles. The number of carbonyl (C=O) groups excluding carboxylic acids is 2. The molecule has 1 saturated heterocycles. The Morgan fingerprint density at radius 2 is 1.80 bits per heavy atom. The monoisotopic (exact) mass is 470 g/mol.